The van der Waals surface area contributed by atoms with E-state index in [0.29, 0.717) is 13.2 Å². The minimum Gasteiger partial charge on any atom is -0.494 e. The Morgan fingerprint density at radius 3 is 2.69 bits per heavy atom. The van der Waals surface area contributed by atoms with Crippen molar-refractivity contribution in [1.29, 1.82) is 0 Å². The second-order valence-electron chi connectivity index (χ2n) is 7.29. The Bertz CT molecular complexity index is 971. The maximum Gasteiger partial charge on any atom is 0.243 e. The van der Waals surface area contributed by atoms with Gasteiger partial charge in [0.2, 0.25) is 5.91 Å². The SMILES string of the molecule is C=CC(=O)NCCCc1nc2ccccc2n1CCCOc1cc(C)cc(C)c1. The van der Waals surface area contributed by atoms with E-state index in [0.717, 1.165) is 48.4 Å². The molecule has 0 spiro atoms. The van der Waals surface area contributed by atoms with Crippen molar-refractivity contribution in [3.63, 3.8) is 0 Å². The zero-order valence-electron chi connectivity index (χ0n) is 17.3. The van der Waals surface area contributed by atoms with Crippen LogP contribution in [0.4, 0.5) is 0 Å². The maximum absolute atomic E-state index is 11.3. The number of benzene rings is 2. The zero-order valence-corrected chi connectivity index (χ0v) is 17.3. The predicted octanol–water partition coefficient (Wildman–Crippen LogP) is 4.36. The van der Waals surface area contributed by atoms with Crippen molar-refractivity contribution in [2.24, 2.45) is 0 Å². The Morgan fingerprint density at radius 1 is 1.17 bits per heavy atom. The summed E-state index contributed by atoms with van der Waals surface area (Å²) in [7, 11) is 0. The number of para-hydroxylation sites is 2. The molecule has 0 fully saturated rings. The Morgan fingerprint density at radius 2 is 1.93 bits per heavy atom. The van der Waals surface area contributed by atoms with Gasteiger partial charge in [-0.25, -0.2) is 4.98 Å². The van der Waals surface area contributed by atoms with E-state index in [9.17, 15) is 4.79 Å². The highest BCUT2D eigenvalue weighted by Crippen LogP contribution is 2.19. The number of aryl methyl sites for hydroxylation is 4. The third-order valence-electron chi connectivity index (χ3n) is 4.79. The fourth-order valence-electron chi connectivity index (χ4n) is 3.52. The zero-order chi connectivity index (χ0) is 20.6. The first-order valence-electron chi connectivity index (χ1n) is 10.1. The third-order valence-corrected chi connectivity index (χ3v) is 4.79. The summed E-state index contributed by atoms with van der Waals surface area (Å²) in [5, 5.41) is 2.82. The second-order valence-corrected chi connectivity index (χ2v) is 7.29. The van der Waals surface area contributed by atoms with Crippen molar-refractivity contribution in [3.8, 4) is 5.75 Å². The number of hydrogen-bond donors (Lipinski definition) is 1. The van der Waals surface area contributed by atoms with Crippen molar-refractivity contribution in [2.45, 2.75) is 39.7 Å². The Kier molecular flexibility index (Phi) is 7.06. The molecule has 1 aromatic heterocycles. The van der Waals surface area contributed by atoms with Gasteiger partial charge in [-0.1, -0.05) is 24.8 Å². The predicted molar refractivity (Wildman–Crippen MR) is 117 cm³/mol. The van der Waals surface area contributed by atoms with Crippen LogP contribution in [-0.2, 0) is 17.8 Å². The molecule has 5 heteroatoms. The molecule has 0 radical (unpaired) electrons. The van der Waals surface area contributed by atoms with Crippen molar-refractivity contribution in [3.05, 3.63) is 72.1 Å². The number of nitrogens with zero attached hydrogens (tertiary/aromatic N) is 2. The minimum absolute atomic E-state index is 0.137. The number of imidazole rings is 1. The van der Waals surface area contributed by atoms with Crippen LogP contribution in [0.5, 0.6) is 5.75 Å². The van der Waals surface area contributed by atoms with Crippen LogP contribution in [-0.4, -0.2) is 28.6 Å². The van der Waals surface area contributed by atoms with E-state index in [4.69, 9.17) is 9.72 Å². The lowest BCUT2D eigenvalue weighted by molar-refractivity contribution is -0.116. The molecule has 3 rings (SSSR count). The molecule has 3 aromatic rings. The van der Waals surface area contributed by atoms with Crippen LogP contribution in [0.1, 0.15) is 29.8 Å². The summed E-state index contributed by atoms with van der Waals surface area (Å²) in [4.78, 5) is 16.1. The molecule has 0 saturated carbocycles. The molecule has 0 aliphatic carbocycles. The molecule has 2 aromatic carbocycles. The van der Waals surface area contributed by atoms with Crippen LogP contribution in [0.15, 0.2) is 55.1 Å². The number of fused-ring (bicyclic) bond motifs is 1. The molecule has 0 unspecified atom stereocenters. The fourth-order valence-corrected chi connectivity index (χ4v) is 3.52. The first-order chi connectivity index (χ1) is 14.1. The van der Waals surface area contributed by atoms with Gasteiger partial charge in [0.25, 0.3) is 0 Å². The summed E-state index contributed by atoms with van der Waals surface area (Å²) in [6, 6.07) is 14.5. The average Bonchev–Trinajstić information content (AvgIpc) is 3.05. The molecule has 0 aliphatic rings. The van der Waals surface area contributed by atoms with Gasteiger partial charge in [0.05, 0.1) is 17.6 Å². The smallest absolute Gasteiger partial charge is 0.243 e. The number of carbonyl (C=O) groups is 1. The molecule has 0 saturated heterocycles. The lowest BCUT2D eigenvalue weighted by Crippen LogP contribution is -2.22. The summed E-state index contributed by atoms with van der Waals surface area (Å²) < 4.78 is 8.24. The Hall–Kier alpha value is -3.08. The average molecular weight is 392 g/mol. The van der Waals surface area contributed by atoms with E-state index in [2.05, 4.69) is 54.6 Å². The normalized spacial score (nSPS) is 10.8. The van der Waals surface area contributed by atoms with Crippen LogP contribution in [0.2, 0.25) is 0 Å². The van der Waals surface area contributed by atoms with Gasteiger partial charge in [-0.15, -0.1) is 0 Å². The first-order valence-corrected chi connectivity index (χ1v) is 10.1. The van der Waals surface area contributed by atoms with Crippen LogP contribution >= 0.6 is 0 Å². The largest absolute Gasteiger partial charge is 0.494 e. The van der Waals surface area contributed by atoms with E-state index >= 15 is 0 Å². The lowest BCUT2D eigenvalue weighted by Gasteiger charge is -2.11. The highest BCUT2D eigenvalue weighted by atomic mass is 16.5. The number of amides is 1. The van der Waals surface area contributed by atoms with E-state index in [1.165, 1.54) is 17.2 Å². The Balaban J connectivity index is 1.61. The van der Waals surface area contributed by atoms with E-state index < -0.39 is 0 Å². The van der Waals surface area contributed by atoms with Crippen molar-refractivity contribution >= 4 is 16.9 Å². The van der Waals surface area contributed by atoms with Gasteiger partial charge < -0.3 is 14.6 Å². The molecule has 29 heavy (non-hydrogen) atoms. The molecule has 1 N–H and O–H groups in total. The molecular formula is C24H29N3O2. The maximum atomic E-state index is 11.3. The van der Waals surface area contributed by atoms with E-state index in [-0.39, 0.29) is 5.91 Å². The first kappa shape index (κ1) is 20.6. The number of ether oxygens (including phenoxy) is 1. The number of hydrogen-bond acceptors (Lipinski definition) is 3. The van der Waals surface area contributed by atoms with Crippen LogP contribution in [0.25, 0.3) is 11.0 Å². The molecule has 0 aliphatic heterocycles. The molecule has 5 nitrogen and oxygen atoms in total. The van der Waals surface area contributed by atoms with Crippen LogP contribution in [0.3, 0.4) is 0 Å². The summed E-state index contributed by atoms with van der Waals surface area (Å²) in [5.41, 5.74) is 4.58. The van der Waals surface area contributed by atoms with E-state index in [1.54, 1.807) is 0 Å². The number of aromatic nitrogens is 2. The third kappa shape index (κ3) is 5.70. The highest BCUT2D eigenvalue weighted by Gasteiger charge is 2.10. The van der Waals surface area contributed by atoms with Crippen LogP contribution in [0, 0.1) is 13.8 Å². The van der Waals surface area contributed by atoms with Gasteiger partial charge >= 0.3 is 0 Å². The van der Waals surface area contributed by atoms with E-state index in [1.807, 2.05) is 18.2 Å². The van der Waals surface area contributed by atoms with Gasteiger partial charge in [-0.2, -0.15) is 0 Å². The van der Waals surface area contributed by atoms with Crippen molar-refractivity contribution < 1.29 is 9.53 Å². The number of carbonyl (C=O) groups excluding carboxylic acids is 1. The van der Waals surface area contributed by atoms with Crippen molar-refractivity contribution in [2.75, 3.05) is 13.2 Å². The summed E-state index contributed by atoms with van der Waals surface area (Å²) in [6.45, 7) is 9.76. The lowest BCUT2D eigenvalue weighted by atomic mass is 10.1. The molecule has 152 valence electrons. The topological polar surface area (TPSA) is 56.2 Å². The molecular weight excluding hydrogens is 362 g/mol. The number of rotatable bonds is 10. The van der Waals surface area contributed by atoms with Gasteiger partial charge in [0.15, 0.2) is 0 Å². The minimum atomic E-state index is -0.137. The van der Waals surface area contributed by atoms with Crippen molar-refractivity contribution in [1.82, 2.24) is 14.9 Å². The molecule has 0 bridgehead atoms. The van der Waals surface area contributed by atoms with Gasteiger partial charge in [-0.05, 0) is 68.2 Å². The van der Waals surface area contributed by atoms with Crippen LogP contribution < -0.4 is 10.1 Å². The summed E-state index contributed by atoms with van der Waals surface area (Å²) in [6.07, 6.45) is 3.84. The fraction of sp³-hybridized carbons (Fsp3) is 0.333. The summed E-state index contributed by atoms with van der Waals surface area (Å²) in [5.74, 6) is 1.84. The summed E-state index contributed by atoms with van der Waals surface area (Å²) >= 11 is 0. The quantitative estimate of drug-likeness (QED) is 0.413. The number of nitrogens with one attached hydrogen (secondary N) is 1. The highest BCUT2D eigenvalue weighted by molar-refractivity contribution is 5.86. The van der Waals surface area contributed by atoms with Gasteiger partial charge in [0, 0.05) is 19.5 Å². The molecule has 1 heterocycles. The molecule has 1 amide bonds. The molecule has 0 atom stereocenters. The van der Waals surface area contributed by atoms with Gasteiger partial charge in [0.1, 0.15) is 11.6 Å². The Labute approximate surface area is 172 Å². The van der Waals surface area contributed by atoms with Gasteiger partial charge in [-0.3, -0.25) is 4.79 Å². The second kappa shape index (κ2) is 9.92. The standard InChI is InChI=1S/C24H29N3O2/c1-4-24(28)25-12-7-11-23-26-21-9-5-6-10-22(21)27(23)13-8-14-29-20-16-18(2)15-19(3)17-20/h4-6,9-10,15-17H,1,7-8,11-14H2,2-3H3,(H,25,28). The monoisotopic (exact) mass is 391 g/mol.